The highest BCUT2D eigenvalue weighted by Crippen LogP contribution is 2.23. The van der Waals surface area contributed by atoms with Crippen molar-refractivity contribution in [1.29, 1.82) is 0 Å². The Morgan fingerprint density at radius 2 is 2.04 bits per heavy atom. The van der Waals surface area contributed by atoms with E-state index in [0.717, 1.165) is 4.90 Å². The van der Waals surface area contributed by atoms with Crippen LogP contribution in [0.2, 0.25) is 5.02 Å². The smallest absolute Gasteiger partial charge is 0.340 e. The van der Waals surface area contributed by atoms with Gasteiger partial charge in [0.05, 0.1) is 17.7 Å². The van der Waals surface area contributed by atoms with E-state index < -0.39 is 18.5 Å². The van der Waals surface area contributed by atoms with Crippen LogP contribution in [0.5, 0.6) is 0 Å². The topological polar surface area (TPSA) is 81.7 Å². The number of hydrogen-bond acceptors (Lipinski definition) is 6. The van der Waals surface area contributed by atoms with Crippen LogP contribution in [0.15, 0.2) is 23.1 Å². The summed E-state index contributed by atoms with van der Waals surface area (Å²) in [6, 6.07) is 5.01. The van der Waals surface area contributed by atoms with Gasteiger partial charge in [-0.2, -0.15) is 0 Å². The van der Waals surface area contributed by atoms with E-state index in [2.05, 4.69) is 10.1 Å². The largest absolute Gasteiger partial charge is 0.469 e. The van der Waals surface area contributed by atoms with Gasteiger partial charge in [0.25, 0.3) is 5.91 Å². The van der Waals surface area contributed by atoms with E-state index >= 15 is 0 Å². The Hall–Kier alpha value is -1.73. The third-order valence-corrected chi connectivity index (χ3v) is 3.89. The zero-order valence-corrected chi connectivity index (χ0v) is 14.5. The summed E-state index contributed by atoms with van der Waals surface area (Å²) in [6.45, 7) is -0.106. The van der Waals surface area contributed by atoms with Crippen LogP contribution in [-0.4, -0.2) is 44.4 Å². The lowest BCUT2D eigenvalue weighted by molar-refractivity contribution is -0.140. The van der Waals surface area contributed by atoms with Gasteiger partial charge in [0.1, 0.15) is 0 Å². The molecule has 0 aromatic heterocycles. The first-order chi connectivity index (χ1) is 11.0. The maximum atomic E-state index is 11.9. The van der Waals surface area contributed by atoms with Gasteiger partial charge in [0.15, 0.2) is 6.61 Å². The standard InChI is InChI=1S/C15H18ClNO5S/c1-21-14(19)4-3-7-17-13(18)9-22-15(20)11-8-10(23-2)5-6-12(11)16/h5-6,8H,3-4,7,9H2,1-2H3,(H,17,18). The molecule has 0 atom stereocenters. The van der Waals surface area contributed by atoms with Crippen LogP contribution in [-0.2, 0) is 19.1 Å². The molecule has 1 rings (SSSR count). The normalized spacial score (nSPS) is 10.0. The second-order valence-corrected chi connectivity index (χ2v) is 5.74. The number of halogens is 1. The number of esters is 2. The summed E-state index contributed by atoms with van der Waals surface area (Å²) in [5, 5.41) is 2.81. The van der Waals surface area contributed by atoms with Crippen LogP contribution in [0.4, 0.5) is 0 Å². The molecule has 1 aromatic rings. The average Bonchev–Trinajstić information content (AvgIpc) is 2.56. The zero-order chi connectivity index (χ0) is 17.2. The lowest BCUT2D eigenvalue weighted by Gasteiger charge is -2.08. The van der Waals surface area contributed by atoms with Crippen molar-refractivity contribution in [2.45, 2.75) is 17.7 Å². The van der Waals surface area contributed by atoms with Crippen molar-refractivity contribution in [1.82, 2.24) is 5.32 Å². The molecule has 0 radical (unpaired) electrons. The lowest BCUT2D eigenvalue weighted by atomic mass is 10.2. The van der Waals surface area contributed by atoms with E-state index in [0.29, 0.717) is 13.0 Å². The Labute approximate surface area is 143 Å². The SMILES string of the molecule is COC(=O)CCCNC(=O)COC(=O)c1cc(SC)ccc1Cl. The average molecular weight is 360 g/mol. The van der Waals surface area contributed by atoms with Crippen LogP contribution in [0.3, 0.4) is 0 Å². The molecule has 1 N–H and O–H groups in total. The first-order valence-corrected chi connectivity index (χ1v) is 8.42. The molecular formula is C15H18ClNO5S. The van der Waals surface area contributed by atoms with Crippen LogP contribution < -0.4 is 5.32 Å². The Morgan fingerprint density at radius 3 is 2.70 bits per heavy atom. The Morgan fingerprint density at radius 1 is 1.30 bits per heavy atom. The first kappa shape index (κ1) is 19.3. The van der Waals surface area contributed by atoms with Gasteiger partial charge in [0, 0.05) is 17.9 Å². The van der Waals surface area contributed by atoms with Gasteiger partial charge in [0.2, 0.25) is 0 Å². The Kier molecular flexibility index (Phi) is 8.50. The van der Waals surface area contributed by atoms with Crippen LogP contribution in [0.1, 0.15) is 23.2 Å². The molecule has 0 saturated heterocycles. The predicted octanol–water partition coefficient (Wildman–Crippen LogP) is 2.29. The molecule has 6 nitrogen and oxygen atoms in total. The van der Waals surface area contributed by atoms with Gasteiger partial charge in [-0.05, 0) is 30.9 Å². The summed E-state index contributed by atoms with van der Waals surface area (Å²) in [6.07, 6.45) is 2.54. The van der Waals surface area contributed by atoms with Crippen LogP contribution >= 0.6 is 23.4 Å². The lowest BCUT2D eigenvalue weighted by Crippen LogP contribution is -2.30. The van der Waals surface area contributed by atoms with Crippen molar-refractivity contribution in [3.63, 3.8) is 0 Å². The van der Waals surface area contributed by atoms with Crippen molar-refractivity contribution >= 4 is 41.2 Å². The molecule has 0 unspecified atom stereocenters. The fourth-order valence-corrected chi connectivity index (χ4v) is 2.24. The number of hydrogen-bond donors (Lipinski definition) is 1. The van der Waals surface area contributed by atoms with E-state index in [9.17, 15) is 14.4 Å². The highest BCUT2D eigenvalue weighted by molar-refractivity contribution is 7.98. The van der Waals surface area contributed by atoms with Gasteiger partial charge >= 0.3 is 11.9 Å². The molecule has 0 spiro atoms. The fraction of sp³-hybridized carbons (Fsp3) is 0.400. The third kappa shape index (κ3) is 6.92. The molecule has 0 aliphatic carbocycles. The molecule has 126 valence electrons. The van der Waals surface area contributed by atoms with E-state index in [1.54, 1.807) is 18.2 Å². The first-order valence-electron chi connectivity index (χ1n) is 6.82. The molecular weight excluding hydrogens is 342 g/mol. The second kappa shape index (κ2) is 10.1. The summed E-state index contributed by atoms with van der Waals surface area (Å²) >= 11 is 7.42. The quantitative estimate of drug-likeness (QED) is 0.435. The van der Waals surface area contributed by atoms with Gasteiger partial charge in [-0.25, -0.2) is 4.79 Å². The minimum absolute atomic E-state index is 0.216. The molecule has 0 aliphatic heterocycles. The van der Waals surface area contributed by atoms with Crippen molar-refractivity contribution < 1.29 is 23.9 Å². The molecule has 0 aliphatic rings. The number of benzene rings is 1. The van der Waals surface area contributed by atoms with Gasteiger partial charge in [-0.15, -0.1) is 11.8 Å². The monoisotopic (exact) mass is 359 g/mol. The van der Waals surface area contributed by atoms with Crippen LogP contribution in [0, 0.1) is 0 Å². The molecule has 8 heteroatoms. The maximum Gasteiger partial charge on any atom is 0.340 e. The molecule has 0 saturated carbocycles. The van der Waals surface area contributed by atoms with Crippen molar-refractivity contribution in [3.05, 3.63) is 28.8 Å². The third-order valence-electron chi connectivity index (χ3n) is 2.84. The summed E-state index contributed by atoms with van der Waals surface area (Å²) in [5.41, 5.74) is 0.219. The summed E-state index contributed by atoms with van der Waals surface area (Å²) in [4.78, 5) is 35.3. The minimum Gasteiger partial charge on any atom is -0.469 e. The predicted molar refractivity (Wildman–Crippen MR) is 87.8 cm³/mol. The Bertz CT molecular complexity index is 579. The number of carbonyl (C=O) groups excluding carboxylic acids is 3. The number of thioether (sulfide) groups is 1. The summed E-state index contributed by atoms with van der Waals surface area (Å²) < 4.78 is 9.41. The molecule has 23 heavy (non-hydrogen) atoms. The van der Waals surface area contributed by atoms with Crippen LogP contribution in [0.25, 0.3) is 0 Å². The number of nitrogens with one attached hydrogen (secondary N) is 1. The van der Waals surface area contributed by atoms with Crippen molar-refractivity contribution in [3.8, 4) is 0 Å². The minimum atomic E-state index is -0.657. The number of methoxy groups -OCH3 is 1. The van der Waals surface area contributed by atoms with E-state index in [1.807, 2.05) is 6.26 Å². The van der Waals surface area contributed by atoms with Gasteiger partial charge < -0.3 is 14.8 Å². The zero-order valence-electron chi connectivity index (χ0n) is 12.9. The number of amides is 1. The maximum absolute atomic E-state index is 11.9. The molecule has 0 heterocycles. The summed E-state index contributed by atoms with van der Waals surface area (Å²) in [5.74, 6) is -1.44. The number of rotatable bonds is 8. The highest BCUT2D eigenvalue weighted by Gasteiger charge is 2.14. The number of ether oxygens (including phenoxy) is 2. The molecule has 1 amide bonds. The fourth-order valence-electron chi connectivity index (χ4n) is 1.61. The summed E-state index contributed by atoms with van der Waals surface area (Å²) in [7, 11) is 1.30. The Balaban J connectivity index is 2.38. The van der Waals surface area contributed by atoms with E-state index in [4.69, 9.17) is 16.3 Å². The second-order valence-electron chi connectivity index (χ2n) is 4.45. The van der Waals surface area contributed by atoms with E-state index in [-0.39, 0.29) is 23.0 Å². The molecule has 0 fully saturated rings. The molecule has 0 bridgehead atoms. The van der Waals surface area contributed by atoms with Crippen molar-refractivity contribution in [2.24, 2.45) is 0 Å². The molecule has 1 aromatic carbocycles. The van der Waals surface area contributed by atoms with Gasteiger partial charge in [-0.1, -0.05) is 11.6 Å². The highest BCUT2D eigenvalue weighted by atomic mass is 35.5. The van der Waals surface area contributed by atoms with Gasteiger partial charge in [-0.3, -0.25) is 9.59 Å². The van der Waals surface area contributed by atoms with Crippen molar-refractivity contribution in [2.75, 3.05) is 26.5 Å². The van der Waals surface area contributed by atoms with E-state index in [1.165, 1.54) is 18.9 Å². The number of carbonyl (C=O) groups is 3.